The van der Waals surface area contributed by atoms with E-state index in [1.165, 1.54) is 18.9 Å². The molecule has 0 unspecified atom stereocenters. The van der Waals surface area contributed by atoms with Gasteiger partial charge < -0.3 is 10.1 Å². The smallest absolute Gasteiger partial charge is 0.257 e. The molecule has 4 nitrogen and oxygen atoms in total. The van der Waals surface area contributed by atoms with Crippen molar-refractivity contribution < 1.29 is 9.53 Å². The summed E-state index contributed by atoms with van der Waals surface area (Å²) in [5.41, 5.74) is 0.462. The number of halogens is 1. The molecular formula is C17H23ClN2O2. The van der Waals surface area contributed by atoms with Gasteiger partial charge in [0.1, 0.15) is 5.75 Å². The van der Waals surface area contributed by atoms with Gasteiger partial charge in [-0.25, -0.2) is 0 Å². The number of carbonyl (C=O) groups is 1. The normalized spacial score (nSPS) is 11.5. The second-order valence-electron chi connectivity index (χ2n) is 5.27. The Morgan fingerprint density at radius 1 is 1.45 bits per heavy atom. The fourth-order valence-corrected chi connectivity index (χ4v) is 2.32. The van der Waals surface area contributed by atoms with Gasteiger partial charge in [-0.1, -0.05) is 44.7 Å². The van der Waals surface area contributed by atoms with Crippen LogP contribution in [0, 0.1) is 17.2 Å². The standard InChI is InChI=1S/C17H23ClN2O2/c1-3-5-6-13(4-2)11-20-17(21)12-22-16-8-7-14(10-19)9-15(16)18/h7-9,13H,3-6,11-12H2,1-2H3,(H,20,21)/t13-/m1/s1. The lowest BCUT2D eigenvalue weighted by Crippen LogP contribution is -2.33. The van der Waals surface area contributed by atoms with Crippen LogP contribution in [0.5, 0.6) is 5.75 Å². The molecule has 1 aromatic rings. The molecular weight excluding hydrogens is 300 g/mol. The lowest BCUT2D eigenvalue weighted by atomic mass is 9.99. The number of rotatable bonds is 9. The van der Waals surface area contributed by atoms with Crippen LogP contribution in [0.15, 0.2) is 18.2 Å². The molecule has 5 heteroatoms. The highest BCUT2D eigenvalue weighted by Gasteiger charge is 2.10. The zero-order valence-corrected chi connectivity index (χ0v) is 13.9. The van der Waals surface area contributed by atoms with E-state index in [9.17, 15) is 4.79 Å². The van der Waals surface area contributed by atoms with Crippen LogP contribution < -0.4 is 10.1 Å². The van der Waals surface area contributed by atoms with Crippen LogP contribution >= 0.6 is 11.6 Å². The molecule has 1 atom stereocenters. The van der Waals surface area contributed by atoms with Gasteiger partial charge in [0.2, 0.25) is 0 Å². The maximum Gasteiger partial charge on any atom is 0.257 e. The second-order valence-corrected chi connectivity index (χ2v) is 5.67. The van der Waals surface area contributed by atoms with E-state index in [1.54, 1.807) is 12.1 Å². The fraction of sp³-hybridized carbons (Fsp3) is 0.529. The number of ether oxygens (including phenoxy) is 1. The van der Waals surface area contributed by atoms with Crippen molar-refractivity contribution in [3.63, 3.8) is 0 Å². The predicted octanol–water partition coefficient (Wildman–Crippen LogP) is 3.92. The van der Waals surface area contributed by atoms with Crippen LogP contribution in [-0.2, 0) is 4.79 Å². The molecule has 0 fully saturated rings. The van der Waals surface area contributed by atoms with Crippen LogP contribution in [0.1, 0.15) is 45.1 Å². The van der Waals surface area contributed by atoms with Gasteiger partial charge in [0.25, 0.3) is 5.91 Å². The van der Waals surface area contributed by atoms with Gasteiger partial charge in [0, 0.05) is 6.54 Å². The lowest BCUT2D eigenvalue weighted by Gasteiger charge is -2.15. The molecule has 0 spiro atoms. The highest BCUT2D eigenvalue weighted by atomic mass is 35.5. The maximum atomic E-state index is 11.8. The molecule has 0 aliphatic carbocycles. The van der Waals surface area contributed by atoms with Crippen molar-refractivity contribution in [1.82, 2.24) is 5.32 Å². The van der Waals surface area contributed by atoms with Crippen molar-refractivity contribution in [3.05, 3.63) is 28.8 Å². The first-order chi connectivity index (χ1) is 10.6. The first kappa shape index (κ1) is 18.3. The van der Waals surface area contributed by atoms with Crippen LogP contribution in [0.25, 0.3) is 0 Å². The Kier molecular flexibility index (Phi) is 8.39. The van der Waals surface area contributed by atoms with Crippen molar-refractivity contribution in [2.75, 3.05) is 13.2 Å². The van der Waals surface area contributed by atoms with Gasteiger partial charge in [0.05, 0.1) is 16.7 Å². The minimum absolute atomic E-state index is 0.0736. The molecule has 0 saturated heterocycles. The maximum absolute atomic E-state index is 11.8. The number of carbonyl (C=O) groups excluding carboxylic acids is 1. The molecule has 0 aliphatic rings. The van der Waals surface area contributed by atoms with E-state index in [2.05, 4.69) is 19.2 Å². The Hall–Kier alpha value is -1.73. The van der Waals surface area contributed by atoms with Crippen molar-refractivity contribution in [2.24, 2.45) is 5.92 Å². The third-order valence-corrected chi connectivity index (χ3v) is 3.85. The molecule has 1 N–H and O–H groups in total. The summed E-state index contributed by atoms with van der Waals surface area (Å²) in [6.45, 7) is 4.91. The van der Waals surface area contributed by atoms with E-state index in [1.807, 2.05) is 6.07 Å². The Balaban J connectivity index is 2.38. The summed E-state index contributed by atoms with van der Waals surface area (Å²) < 4.78 is 5.39. The zero-order valence-electron chi connectivity index (χ0n) is 13.2. The Labute approximate surface area is 137 Å². The zero-order chi connectivity index (χ0) is 16.4. The van der Waals surface area contributed by atoms with Gasteiger partial charge in [-0.3, -0.25) is 4.79 Å². The first-order valence-corrected chi connectivity index (χ1v) is 8.07. The van der Waals surface area contributed by atoms with Crippen LogP contribution in [0.3, 0.4) is 0 Å². The Bertz CT molecular complexity index is 526. The van der Waals surface area contributed by atoms with E-state index in [4.69, 9.17) is 21.6 Å². The lowest BCUT2D eigenvalue weighted by molar-refractivity contribution is -0.123. The van der Waals surface area contributed by atoms with Crippen molar-refractivity contribution in [2.45, 2.75) is 39.5 Å². The Morgan fingerprint density at radius 2 is 2.23 bits per heavy atom. The highest BCUT2D eigenvalue weighted by molar-refractivity contribution is 6.32. The SMILES string of the molecule is CCCC[C@@H](CC)CNC(=O)COc1ccc(C#N)cc1Cl. The van der Waals surface area contributed by atoms with Gasteiger partial charge in [-0.15, -0.1) is 0 Å². The minimum atomic E-state index is -0.157. The van der Waals surface area contributed by atoms with E-state index in [-0.39, 0.29) is 12.5 Å². The monoisotopic (exact) mass is 322 g/mol. The molecule has 1 amide bonds. The number of hydrogen-bond donors (Lipinski definition) is 1. The molecule has 0 heterocycles. The fourth-order valence-electron chi connectivity index (χ4n) is 2.08. The summed E-state index contributed by atoms with van der Waals surface area (Å²) in [5.74, 6) is 0.770. The van der Waals surface area contributed by atoms with E-state index >= 15 is 0 Å². The molecule has 0 aromatic heterocycles. The summed E-state index contributed by atoms with van der Waals surface area (Å²) >= 11 is 5.99. The average Bonchev–Trinajstić information content (AvgIpc) is 2.53. The van der Waals surface area contributed by atoms with Gasteiger partial charge in [0.15, 0.2) is 6.61 Å². The van der Waals surface area contributed by atoms with Crippen molar-refractivity contribution in [3.8, 4) is 11.8 Å². The van der Waals surface area contributed by atoms with Gasteiger partial charge in [-0.05, 0) is 30.5 Å². The topological polar surface area (TPSA) is 62.1 Å². The van der Waals surface area contributed by atoms with Crippen LogP contribution in [0.4, 0.5) is 0 Å². The molecule has 1 rings (SSSR count). The quantitative estimate of drug-likeness (QED) is 0.749. The van der Waals surface area contributed by atoms with Crippen LogP contribution in [-0.4, -0.2) is 19.1 Å². The summed E-state index contributed by atoms with van der Waals surface area (Å²) in [6, 6.07) is 6.73. The molecule has 1 aromatic carbocycles. The largest absolute Gasteiger partial charge is 0.482 e. The average molecular weight is 323 g/mol. The van der Waals surface area contributed by atoms with Gasteiger partial charge in [-0.2, -0.15) is 5.26 Å². The number of unbranched alkanes of at least 4 members (excludes halogenated alkanes) is 1. The predicted molar refractivity (Wildman–Crippen MR) is 88.0 cm³/mol. The third kappa shape index (κ3) is 6.36. The van der Waals surface area contributed by atoms with Crippen LogP contribution in [0.2, 0.25) is 5.02 Å². The number of nitrogens with zero attached hydrogens (tertiary/aromatic N) is 1. The molecule has 0 aliphatic heterocycles. The number of hydrogen-bond acceptors (Lipinski definition) is 3. The summed E-state index contributed by atoms with van der Waals surface area (Å²) in [4.78, 5) is 11.8. The summed E-state index contributed by atoms with van der Waals surface area (Å²) in [5, 5.41) is 12.0. The van der Waals surface area contributed by atoms with E-state index in [0.717, 1.165) is 12.8 Å². The summed E-state index contributed by atoms with van der Waals surface area (Å²) in [7, 11) is 0. The Morgan fingerprint density at radius 3 is 2.82 bits per heavy atom. The number of benzene rings is 1. The number of amides is 1. The van der Waals surface area contributed by atoms with Crippen molar-refractivity contribution in [1.29, 1.82) is 5.26 Å². The summed E-state index contributed by atoms with van der Waals surface area (Å²) in [6.07, 6.45) is 4.55. The molecule has 120 valence electrons. The van der Waals surface area contributed by atoms with E-state index in [0.29, 0.717) is 28.8 Å². The molecule has 22 heavy (non-hydrogen) atoms. The second kappa shape index (κ2) is 10.1. The third-order valence-electron chi connectivity index (χ3n) is 3.55. The first-order valence-electron chi connectivity index (χ1n) is 7.69. The van der Waals surface area contributed by atoms with Gasteiger partial charge >= 0.3 is 0 Å². The highest BCUT2D eigenvalue weighted by Crippen LogP contribution is 2.25. The minimum Gasteiger partial charge on any atom is -0.482 e. The molecule has 0 radical (unpaired) electrons. The molecule has 0 bridgehead atoms. The van der Waals surface area contributed by atoms with Crippen molar-refractivity contribution >= 4 is 17.5 Å². The number of nitrogens with one attached hydrogen (secondary N) is 1. The van der Waals surface area contributed by atoms with E-state index < -0.39 is 0 Å². The molecule has 0 saturated carbocycles. The number of nitriles is 1.